The van der Waals surface area contributed by atoms with Crippen molar-refractivity contribution in [2.45, 2.75) is 45.9 Å². The molecule has 0 radical (unpaired) electrons. The van der Waals surface area contributed by atoms with Gasteiger partial charge >= 0.3 is 6.09 Å². The number of carboxylic acid groups (broad SMARTS) is 1. The summed E-state index contributed by atoms with van der Waals surface area (Å²) < 4.78 is 5.13. The number of benzene rings is 1. The fraction of sp³-hybridized carbons (Fsp3) is 0.467. The topological polar surface area (TPSA) is 81.7 Å². The van der Waals surface area contributed by atoms with Crippen LogP contribution in [0.3, 0.4) is 0 Å². The van der Waals surface area contributed by atoms with Crippen molar-refractivity contribution in [3.8, 4) is 0 Å². The van der Waals surface area contributed by atoms with E-state index in [-0.39, 0.29) is 6.54 Å². The monoisotopic (exact) mass is 293 g/mol. The molecule has 0 bridgehead atoms. The van der Waals surface area contributed by atoms with Gasteiger partial charge in [0.1, 0.15) is 5.60 Å². The summed E-state index contributed by atoms with van der Waals surface area (Å²) in [6.45, 7) is 6.87. The van der Waals surface area contributed by atoms with Crippen LogP contribution in [-0.4, -0.2) is 28.7 Å². The Labute approximate surface area is 124 Å². The molecule has 21 heavy (non-hydrogen) atoms. The lowest BCUT2D eigenvalue weighted by Crippen LogP contribution is -2.54. The quantitative estimate of drug-likeness (QED) is 0.821. The SMILES string of the molecule is C[C@@H](C(=O)[O-])N(Cc1ccccc1)NC(=O)OC(C)(C)C. The van der Waals surface area contributed by atoms with Crippen molar-refractivity contribution in [3.05, 3.63) is 35.9 Å². The molecule has 0 aliphatic rings. The molecular weight excluding hydrogens is 272 g/mol. The Morgan fingerprint density at radius 2 is 1.86 bits per heavy atom. The van der Waals surface area contributed by atoms with E-state index in [2.05, 4.69) is 5.43 Å². The number of carboxylic acids is 1. The van der Waals surface area contributed by atoms with E-state index in [1.807, 2.05) is 30.3 Å². The van der Waals surface area contributed by atoms with Crippen LogP contribution in [0, 0.1) is 0 Å². The smallest absolute Gasteiger partial charge is 0.422 e. The van der Waals surface area contributed by atoms with E-state index >= 15 is 0 Å². The standard InChI is InChI=1S/C15H22N2O4/c1-11(13(18)19)17(10-12-8-6-5-7-9-12)16-14(20)21-15(2,3)4/h5-9,11H,10H2,1-4H3,(H,16,20)(H,18,19)/p-1/t11-/m0/s1. The number of hydrogen-bond acceptors (Lipinski definition) is 5. The van der Waals surface area contributed by atoms with E-state index in [9.17, 15) is 14.7 Å². The number of rotatable bonds is 5. The van der Waals surface area contributed by atoms with Gasteiger partial charge in [0.05, 0.1) is 12.0 Å². The van der Waals surface area contributed by atoms with Crippen molar-refractivity contribution in [1.82, 2.24) is 10.4 Å². The van der Waals surface area contributed by atoms with E-state index in [0.717, 1.165) is 5.56 Å². The predicted molar refractivity (Wildman–Crippen MR) is 75.8 cm³/mol. The van der Waals surface area contributed by atoms with Crippen LogP contribution in [-0.2, 0) is 16.1 Å². The van der Waals surface area contributed by atoms with Gasteiger partial charge in [-0.3, -0.25) is 5.43 Å². The predicted octanol–water partition coefficient (Wildman–Crippen LogP) is 1.07. The number of nitrogens with one attached hydrogen (secondary N) is 1. The molecule has 0 aromatic heterocycles. The van der Waals surface area contributed by atoms with E-state index in [1.54, 1.807) is 20.8 Å². The van der Waals surface area contributed by atoms with Crippen molar-refractivity contribution in [3.63, 3.8) is 0 Å². The van der Waals surface area contributed by atoms with Crippen LogP contribution < -0.4 is 10.5 Å². The first-order chi connectivity index (χ1) is 9.69. The minimum absolute atomic E-state index is 0.231. The zero-order chi connectivity index (χ0) is 16.0. The highest BCUT2D eigenvalue weighted by Gasteiger charge is 2.22. The maximum atomic E-state index is 11.8. The summed E-state index contributed by atoms with van der Waals surface area (Å²) >= 11 is 0. The second kappa shape index (κ2) is 7.08. The van der Waals surface area contributed by atoms with Gasteiger partial charge in [0, 0.05) is 6.54 Å². The maximum Gasteiger partial charge on any atom is 0.422 e. The zero-order valence-electron chi connectivity index (χ0n) is 12.8. The van der Waals surface area contributed by atoms with Crippen molar-refractivity contribution < 1.29 is 19.4 Å². The number of hydrogen-bond donors (Lipinski definition) is 1. The summed E-state index contributed by atoms with van der Waals surface area (Å²) in [7, 11) is 0. The minimum Gasteiger partial charge on any atom is -0.548 e. The molecule has 0 aliphatic carbocycles. The molecule has 6 heteroatoms. The number of aliphatic carboxylic acids is 1. The molecule has 0 heterocycles. The zero-order valence-corrected chi connectivity index (χ0v) is 12.8. The second-order valence-corrected chi connectivity index (χ2v) is 5.72. The third-order valence-electron chi connectivity index (χ3n) is 2.64. The Morgan fingerprint density at radius 1 is 1.29 bits per heavy atom. The third kappa shape index (κ3) is 6.27. The highest BCUT2D eigenvalue weighted by molar-refractivity contribution is 5.72. The van der Waals surface area contributed by atoms with Gasteiger partial charge < -0.3 is 14.6 Å². The van der Waals surface area contributed by atoms with Crippen LogP contribution in [0.5, 0.6) is 0 Å². The number of carbonyl (C=O) groups is 2. The molecule has 0 aliphatic heterocycles. The molecule has 0 unspecified atom stereocenters. The van der Waals surface area contributed by atoms with Gasteiger partial charge in [0.15, 0.2) is 0 Å². The summed E-state index contributed by atoms with van der Waals surface area (Å²) in [6, 6.07) is 8.22. The van der Waals surface area contributed by atoms with E-state index < -0.39 is 23.7 Å². The highest BCUT2D eigenvalue weighted by atomic mass is 16.6. The minimum atomic E-state index is -1.28. The van der Waals surface area contributed by atoms with Gasteiger partial charge in [-0.1, -0.05) is 30.3 Å². The Bertz CT molecular complexity index is 482. The lowest BCUT2D eigenvalue weighted by atomic mass is 10.2. The second-order valence-electron chi connectivity index (χ2n) is 5.72. The molecule has 116 valence electrons. The summed E-state index contributed by atoms with van der Waals surface area (Å²) in [6.07, 6.45) is -0.702. The maximum absolute atomic E-state index is 11.8. The summed E-state index contributed by atoms with van der Waals surface area (Å²) in [5.74, 6) is -1.28. The largest absolute Gasteiger partial charge is 0.548 e. The first-order valence-electron chi connectivity index (χ1n) is 6.70. The summed E-state index contributed by atoms with van der Waals surface area (Å²) in [5.41, 5.74) is 2.66. The van der Waals surface area contributed by atoms with Crippen LogP contribution in [0.25, 0.3) is 0 Å². The van der Waals surface area contributed by atoms with Crippen molar-refractivity contribution in [2.75, 3.05) is 0 Å². The Kier molecular flexibility index (Phi) is 5.72. The number of nitrogens with zero attached hydrogens (tertiary/aromatic N) is 1. The molecular formula is C15H21N2O4-. The molecule has 1 rings (SSSR count). The van der Waals surface area contributed by atoms with E-state index in [0.29, 0.717) is 0 Å². The normalized spacial score (nSPS) is 12.8. The van der Waals surface area contributed by atoms with Gasteiger partial charge in [-0.05, 0) is 33.3 Å². The van der Waals surface area contributed by atoms with E-state index in [1.165, 1.54) is 11.9 Å². The van der Waals surface area contributed by atoms with Crippen LogP contribution >= 0.6 is 0 Å². The molecule has 1 N–H and O–H groups in total. The molecule has 1 aromatic carbocycles. The lowest BCUT2D eigenvalue weighted by Gasteiger charge is -2.31. The molecule has 6 nitrogen and oxygen atoms in total. The number of amides is 1. The van der Waals surface area contributed by atoms with Crippen LogP contribution in [0.1, 0.15) is 33.3 Å². The highest BCUT2D eigenvalue weighted by Crippen LogP contribution is 2.09. The molecule has 0 saturated carbocycles. The lowest BCUT2D eigenvalue weighted by molar-refractivity contribution is -0.312. The van der Waals surface area contributed by atoms with Crippen LogP contribution in [0.4, 0.5) is 4.79 Å². The van der Waals surface area contributed by atoms with Gasteiger partial charge in [-0.25, -0.2) is 9.80 Å². The Balaban J connectivity index is 2.78. The number of hydrazine groups is 1. The average Bonchev–Trinajstić information content (AvgIpc) is 2.36. The summed E-state index contributed by atoms with van der Waals surface area (Å²) in [5, 5.41) is 12.3. The van der Waals surface area contributed by atoms with Gasteiger partial charge in [-0.2, -0.15) is 0 Å². The third-order valence-corrected chi connectivity index (χ3v) is 2.64. The molecule has 1 aromatic rings. The van der Waals surface area contributed by atoms with Crippen molar-refractivity contribution >= 4 is 12.1 Å². The Hall–Kier alpha value is -2.08. The van der Waals surface area contributed by atoms with Crippen molar-refractivity contribution in [2.24, 2.45) is 0 Å². The Morgan fingerprint density at radius 3 is 2.33 bits per heavy atom. The first-order valence-corrected chi connectivity index (χ1v) is 6.70. The molecule has 1 atom stereocenters. The van der Waals surface area contributed by atoms with E-state index in [4.69, 9.17) is 4.74 Å². The van der Waals surface area contributed by atoms with Gasteiger partial charge in [0.25, 0.3) is 0 Å². The molecule has 0 saturated heterocycles. The number of carbonyl (C=O) groups excluding carboxylic acids is 2. The summed E-state index contributed by atoms with van der Waals surface area (Å²) in [4.78, 5) is 22.9. The van der Waals surface area contributed by atoms with Crippen molar-refractivity contribution in [1.29, 1.82) is 0 Å². The molecule has 0 spiro atoms. The fourth-order valence-corrected chi connectivity index (χ4v) is 1.60. The van der Waals surface area contributed by atoms with Crippen LogP contribution in [0.15, 0.2) is 30.3 Å². The fourth-order valence-electron chi connectivity index (χ4n) is 1.60. The average molecular weight is 293 g/mol. The molecule has 1 amide bonds. The number of ether oxygens (including phenoxy) is 1. The van der Waals surface area contributed by atoms with Gasteiger partial charge in [-0.15, -0.1) is 0 Å². The van der Waals surface area contributed by atoms with Gasteiger partial charge in [0.2, 0.25) is 0 Å². The first kappa shape index (κ1) is 17.0. The molecule has 0 fully saturated rings. The van der Waals surface area contributed by atoms with Crippen LogP contribution in [0.2, 0.25) is 0 Å².